The number of imide groups is 1. The highest BCUT2D eigenvalue weighted by atomic mass is 35.5. The van der Waals surface area contributed by atoms with Gasteiger partial charge in [0.1, 0.15) is 5.38 Å². The van der Waals surface area contributed by atoms with E-state index in [0.717, 1.165) is 0 Å². The maximum atomic E-state index is 11.0. The topological polar surface area (TPSA) is 78.5 Å². The van der Waals surface area contributed by atoms with Gasteiger partial charge < -0.3 is 10.2 Å². The Hall–Kier alpha value is -1.30. The van der Waals surface area contributed by atoms with Gasteiger partial charge in [-0.25, -0.2) is 4.79 Å². The number of amides is 4. The van der Waals surface area contributed by atoms with Gasteiger partial charge in [-0.05, 0) is 6.92 Å². The van der Waals surface area contributed by atoms with Crippen molar-refractivity contribution in [1.82, 2.24) is 15.5 Å². The molecule has 0 aliphatic rings. The van der Waals surface area contributed by atoms with Crippen molar-refractivity contribution in [3.63, 3.8) is 0 Å². The Bertz CT molecular complexity index is 266. The lowest BCUT2D eigenvalue weighted by Gasteiger charge is -2.11. The third-order valence-electron chi connectivity index (χ3n) is 1.50. The van der Waals surface area contributed by atoms with Crippen LogP contribution in [0, 0.1) is 0 Å². The monoisotopic (exact) mass is 235 g/mol. The zero-order chi connectivity index (χ0) is 12.0. The Morgan fingerprint density at radius 2 is 1.87 bits per heavy atom. The maximum Gasteiger partial charge on any atom is 0.321 e. The summed E-state index contributed by atoms with van der Waals surface area (Å²) in [4.78, 5) is 34.3. The van der Waals surface area contributed by atoms with Crippen molar-refractivity contribution < 1.29 is 14.4 Å². The van der Waals surface area contributed by atoms with E-state index < -0.39 is 17.3 Å². The predicted molar refractivity (Wildman–Crippen MR) is 55.6 cm³/mol. The van der Waals surface area contributed by atoms with Gasteiger partial charge >= 0.3 is 6.03 Å². The van der Waals surface area contributed by atoms with Crippen molar-refractivity contribution >= 4 is 29.4 Å². The number of halogens is 1. The van der Waals surface area contributed by atoms with Gasteiger partial charge in [-0.2, -0.15) is 0 Å². The third-order valence-corrected chi connectivity index (χ3v) is 1.70. The minimum atomic E-state index is -0.791. The summed E-state index contributed by atoms with van der Waals surface area (Å²) in [7, 11) is 3.13. The zero-order valence-electron chi connectivity index (χ0n) is 8.83. The average molecular weight is 236 g/mol. The molecule has 15 heavy (non-hydrogen) atoms. The second-order valence-electron chi connectivity index (χ2n) is 3.08. The molecule has 1 atom stereocenters. The molecule has 0 bridgehead atoms. The molecule has 0 heterocycles. The van der Waals surface area contributed by atoms with E-state index in [1.54, 1.807) is 14.1 Å². The van der Waals surface area contributed by atoms with Gasteiger partial charge in [0.2, 0.25) is 11.8 Å². The number of carbonyl (C=O) groups excluding carboxylic acids is 3. The molecular formula is C8H14ClN3O3. The van der Waals surface area contributed by atoms with Crippen LogP contribution in [0.3, 0.4) is 0 Å². The quantitative estimate of drug-likeness (QED) is 0.649. The Morgan fingerprint density at radius 3 is 2.27 bits per heavy atom. The van der Waals surface area contributed by atoms with Crippen LogP contribution in [-0.4, -0.2) is 48.8 Å². The first-order chi connectivity index (χ1) is 6.84. The van der Waals surface area contributed by atoms with Crippen LogP contribution in [0.2, 0.25) is 0 Å². The van der Waals surface area contributed by atoms with E-state index in [0.29, 0.717) is 0 Å². The van der Waals surface area contributed by atoms with Gasteiger partial charge in [0.05, 0.1) is 6.54 Å². The van der Waals surface area contributed by atoms with Gasteiger partial charge in [-0.3, -0.25) is 14.9 Å². The summed E-state index contributed by atoms with van der Waals surface area (Å²) >= 11 is 5.42. The van der Waals surface area contributed by atoms with Crippen molar-refractivity contribution in [2.75, 3.05) is 20.6 Å². The van der Waals surface area contributed by atoms with E-state index in [1.165, 1.54) is 11.8 Å². The summed E-state index contributed by atoms with van der Waals surface area (Å²) in [5, 5.41) is 3.42. The van der Waals surface area contributed by atoms with Crippen LogP contribution in [-0.2, 0) is 9.59 Å². The van der Waals surface area contributed by atoms with Crippen molar-refractivity contribution in [3.8, 4) is 0 Å². The first kappa shape index (κ1) is 13.7. The number of nitrogens with zero attached hydrogens (tertiary/aromatic N) is 1. The number of hydrogen-bond acceptors (Lipinski definition) is 3. The molecular weight excluding hydrogens is 222 g/mol. The molecule has 0 aromatic rings. The van der Waals surface area contributed by atoms with Crippen LogP contribution >= 0.6 is 11.6 Å². The second-order valence-corrected chi connectivity index (χ2v) is 3.73. The Morgan fingerprint density at radius 1 is 1.33 bits per heavy atom. The standard InChI is InChI=1S/C8H14ClN3O3/c1-5(9)7(14)11-8(15)10-4-6(13)12(2)3/h5H,4H2,1-3H3,(H2,10,11,14,15). The molecule has 0 aliphatic heterocycles. The van der Waals surface area contributed by atoms with Crippen molar-refractivity contribution in [2.45, 2.75) is 12.3 Å². The lowest BCUT2D eigenvalue weighted by atomic mass is 10.4. The first-order valence-electron chi connectivity index (χ1n) is 4.27. The van der Waals surface area contributed by atoms with Crippen LogP contribution in [0.15, 0.2) is 0 Å². The average Bonchev–Trinajstić information content (AvgIpc) is 2.13. The van der Waals surface area contributed by atoms with Crippen LogP contribution < -0.4 is 10.6 Å². The van der Waals surface area contributed by atoms with Crippen LogP contribution in [0.1, 0.15) is 6.92 Å². The van der Waals surface area contributed by atoms with Crippen molar-refractivity contribution in [1.29, 1.82) is 0 Å². The van der Waals surface area contributed by atoms with Gasteiger partial charge in [0, 0.05) is 14.1 Å². The molecule has 0 rings (SSSR count). The molecule has 86 valence electrons. The van der Waals surface area contributed by atoms with E-state index in [2.05, 4.69) is 5.32 Å². The Kier molecular flexibility index (Phi) is 5.69. The molecule has 1 unspecified atom stereocenters. The fourth-order valence-corrected chi connectivity index (χ4v) is 0.624. The Labute approximate surface area is 92.9 Å². The number of alkyl halides is 1. The molecule has 0 aliphatic carbocycles. The lowest BCUT2D eigenvalue weighted by molar-refractivity contribution is -0.127. The molecule has 2 N–H and O–H groups in total. The van der Waals surface area contributed by atoms with E-state index in [-0.39, 0.29) is 12.5 Å². The van der Waals surface area contributed by atoms with E-state index in [9.17, 15) is 14.4 Å². The summed E-state index contributed by atoms with van der Waals surface area (Å²) in [6, 6.07) is -0.734. The highest BCUT2D eigenvalue weighted by Gasteiger charge is 2.13. The van der Waals surface area contributed by atoms with E-state index in [4.69, 9.17) is 11.6 Å². The second kappa shape index (κ2) is 6.23. The minimum Gasteiger partial charge on any atom is -0.347 e. The van der Waals surface area contributed by atoms with Crippen molar-refractivity contribution in [3.05, 3.63) is 0 Å². The normalized spacial score (nSPS) is 11.5. The molecule has 6 nitrogen and oxygen atoms in total. The number of carbonyl (C=O) groups is 3. The SMILES string of the molecule is CC(Cl)C(=O)NC(=O)NCC(=O)N(C)C. The van der Waals surface area contributed by atoms with Crippen LogP contribution in [0.5, 0.6) is 0 Å². The van der Waals surface area contributed by atoms with E-state index in [1.807, 2.05) is 5.32 Å². The fraction of sp³-hybridized carbons (Fsp3) is 0.625. The summed E-state index contributed by atoms with van der Waals surface area (Å²) in [6.07, 6.45) is 0. The number of nitrogens with one attached hydrogen (secondary N) is 2. The van der Waals surface area contributed by atoms with Crippen LogP contribution in [0.4, 0.5) is 4.79 Å². The number of hydrogen-bond donors (Lipinski definition) is 2. The van der Waals surface area contributed by atoms with Crippen LogP contribution in [0.25, 0.3) is 0 Å². The molecule has 0 spiro atoms. The lowest BCUT2D eigenvalue weighted by Crippen LogP contribution is -2.45. The molecule has 0 saturated carbocycles. The summed E-state index contributed by atoms with van der Waals surface area (Å²) in [5.41, 5.74) is 0. The zero-order valence-corrected chi connectivity index (χ0v) is 9.59. The molecule has 4 amide bonds. The smallest absolute Gasteiger partial charge is 0.321 e. The molecule has 0 fully saturated rings. The van der Waals surface area contributed by atoms with Gasteiger partial charge in [0.15, 0.2) is 0 Å². The van der Waals surface area contributed by atoms with E-state index >= 15 is 0 Å². The largest absolute Gasteiger partial charge is 0.347 e. The Balaban J connectivity index is 3.86. The fourth-order valence-electron chi connectivity index (χ4n) is 0.570. The molecule has 0 radical (unpaired) electrons. The molecule has 7 heteroatoms. The molecule has 0 saturated heterocycles. The van der Waals surface area contributed by atoms with Gasteiger partial charge in [-0.15, -0.1) is 11.6 Å². The predicted octanol–water partition coefficient (Wildman–Crippen LogP) is -0.472. The van der Waals surface area contributed by atoms with Gasteiger partial charge in [0.25, 0.3) is 0 Å². The highest BCUT2D eigenvalue weighted by molar-refractivity contribution is 6.31. The third kappa shape index (κ3) is 5.90. The van der Waals surface area contributed by atoms with Crippen molar-refractivity contribution in [2.24, 2.45) is 0 Å². The maximum absolute atomic E-state index is 11.0. The van der Waals surface area contributed by atoms with Gasteiger partial charge in [-0.1, -0.05) is 0 Å². The first-order valence-corrected chi connectivity index (χ1v) is 4.71. The number of likely N-dealkylation sites (N-methyl/N-ethyl adjacent to an activating group) is 1. The highest BCUT2D eigenvalue weighted by Crippen LogP contribution is 1.91. The number of rotatable bonds is 3. The summed E-state index contributed by atoms with van der Waals surface area (Å²) < 4.78 is 0. The molecule has 0 aromatic heterocycles. The number of urea groups is 1. The molecule has 0 aromatic carbocycles. The summed E-state index contributed by atoms with van der Waals surface area (Å²) in [5.74, 6) is -0.872. The summed E-state index contributed by atoms with van der Waals surface area (Å²) in [6.45, 7) is 1.28. The minimum absolute atomic E-state index is 0.164.